The van der Waals surface area contributed by atoms with Crippen molar-refractivity contribution in [1.29, 1.82) is 0 Å². The number of hydrogen-bond donors (Lipinski definition) is 2. The van der Waals surface area contributed by atoms with Crippen molar-refractivity contribution in [2.75, 3.05) is 12.3 Å². The smallest absolute Gasteiger partial charge is 0.326 e. The van der Waals surface area contributed by atoms with Crippen molar-refractivity contribution >= 4 is 35.0 Å². The first-order valence-electron chi connectivity index (χ1n) is 5.88. The Bertz CT molecular complexity index is 449. The fraction of sp³-hybridized carbons (Fsp3) is 0.500. The van der Waals surface area contributed by atoms with Crippen LogP contribution in [0.1, 0.15) is 11.3 Å². The lowest BCUT2D eigenvalue weighted by Gasteiger charge is -2.20. The van der Waals surface area contributed by atoms with Gasteiger partial charge >= 0.3 is 5.97 Å². The van der Waals surface area contributed by atoms with Crippen LogP contribution in [0.5, 0.6) is 0 Å². The third-order valence-corrected chi connectivity index (χ3v) is 4.96. The van der Waals surface area contributed by atoms with Gasteiger partial charge in [0.2, 0.25) is 5.91 Å². The maximum atomic E-state index is 12.0. The number of amides is 1. The number of thiophene rings is 1. The molecule has 0 spiro atoms. The van der Waals surface area contributed by atoms with Gasteiger partial charge in [0, 0.05) is 23.6 Å². The van der Waals surface area contributed by atoms with Gasteiger partial charge in [-0.3, -0.25) is 4.79 Å². The van der Waals surface area contributed by atoms with Crippen LogP contribution in [0.3, 0.4) is 0 Å². The van der Waals surface area contributed by atoms with Gasteiger partial charge in [-0.05, 0) is 11.4 Å². The molecule has 5 nitrogen and oxygen atoms in total. The molecule has 0 bridgehead atoms. The van der Waals surface area contributed by atoms with Gasteiger partial charge in [-0.25, -0.2) is 4.79 Å². The summed E-state index contributed by atoms with van der Waals surface area (Å²) in [5.41, 5.74) is 0. The highest BCUT2D eigenvalue weighted by molar-refractivity contribution is 7.99. The maximum Gasteiger partial charge on any atom is 0.326 e. The first-order valence-corrected chi connectivity index (χ1v) is 7.92. The average molecular weight is 301 g/mol. The maximum absolute atomic E-state index is 12.0. The Labute approximate surface area is 119 Å². The highest BCUT2D eigenvalue weighted by Crippen LogP contribution is 2.21. The number of carbonyl (C=O) groups excluding carboxylic acids is 1. The van der Waals surface area contributed by atoms with Crippen LogP contribution in [0.25, 0.3) is 0 Å². The Morgan fingerprint density at radius 2 is 2.32 bits per heavy atom. The highest BCUT2D eigenvalue weighted by Gasteiger charge is 2.38. The molecule has 0 radical (unpaired) electrons. The lowest BCUT2D eigenvalue weighted by atomic mass is 10.2. The van der Waals surface area contributed by atoms with E-state index in [9.17, 15) is 14.7 Å². The first-order chi connectivity index (χ1) is 9.08. The number of aliphatic carboxylic acids is 1. The molecule has 2 atom stereocenters. The van der Waals surface area contributed by atoms with E-state index in [1.165, 1.54) is 21.5 Å². The van der Waals surface area contributed by atoms with E-state index in [1.54, 1.807) is 11.3 Å². The van der Waals surface area contributed by atoms with Crippen LogP contribution in [-0.4, -0.2) is 51.4 Å². The summed E-state index contributed by atoms with van der Waals surface area (Å²) in [6, 6.07) is 3.08. The number of carbonyl (C=O) groups is 2. The summed E-state index contributed by atoms with van der Waals surface area (Å²) in [7, 11) is 0. The van der Waals surface area contributed by atoms with Crippen molar-refractivity contribution in [2.24, 2.45) is 0 Å². The van der Waals surface area contributed by atoms with Gasteiger partial charge in [-0.15, -0.1) is 23.1 Å². The molecule has 2 heterocycles. The standard InChI is InChI=1S/C12H15NO4S2/c14-8-4-10(12(16)17)13(5-8)11(15)7-18-6-9-2-1-3-19-9/h1-3,8,10,14H,4-7H2,(H,16,17)/t8?,10-/m0/s1. The summed E-state index contributed by atoms with van der Waals surface area (Å²) in [4.78, 5) is 25.4. The van der Waals surface area contributed by atoms with Gasteiger partial charge in [0.1, 0.15) is 6.04 Å². The minimum absolute atomic E-state index is 0.120. The number of aliphatic hydroxyl groups excluding tert-OH is 1. The number of thioether (sulfide) groups is 1. The summed E-state index contributed by atoms with van der Waals surface area (Å²) >= 11 is 3.10. The molecule has 0 aliphatic carbocycles. The van der Waals surface area contributed by atoms with Crippen LogP contribution in [0.4, 0.5) is 0 Å². The van der Waals surface area contributed by atoms with Crippen LogP contribution < -0.4 is 0 Å². The van der Waals surface area contributed by atoms with Gasteiger partial charge in [-0.2, -0.15) is 0 Å². The molecule has 2 N–H and O–H groups in total. The van der Waals surface area contributed by atoms with Crippen molar-refractivity contribution in [2.45, 2.75) is 24.3 Å². The van der Waals surface area contributed by atoms with Gasteiger partial charge < -0.3 is 15.1 Å². The zero-order valence-electron chi connectivity index (χ0n) is 10.2. The fourth-order valence-corrected chi connectivity index (χ4v) is 3.79. The van der Waals surface area contributed by atoms with Crippen LogP contribution in [0, 0.1) is 0 Å². The van der Waals surface area contributed by atoms with E-state index in [0.717, 1.165) is 5.75 Å². The number of carboxylic acids is 1. The molecule has 1 aliphatic rings. The van der Waals surface area contributed by atoms with Crippen LogP contribution >= 0.6 is 23.1 Å². The van der Waals surface area contributed by atoms with Gasteiger partial charge in [0.25, 0.3) is 0 Å². The van der Waals surface area contributed by atoms with Crippen LogP contribution in [0.2, 0.25) is 0 Å². The Hall–Kier alpha value is -1.05. The molecule has 1 aromatic heterocycles. The van der Waals surface area contributed by atoms with E-state index in [0.29, 0.717) is 0 Å². The second-order valence-electron chi connectivity index (χ2n) is 4.36. The number of carboxylic acid groups (broad SMARTS) is 1. The molecule has 1 saturated heterocycles. The van der Waals surface area contributed by atoms with E-state index in [-0.39, 0.29) is 24.6 Å². The Morgan fingerprint density at radius 1 is 1.53 bits per heavy atom. The average Bonchev–Trinajstić information content (AvgIpc) is 2.98. The molecular formula is C12H15NO4S2. The lowest BCUT2D eigenvalue weighted by Crippen LogP contribution is -2.41. The minimum Gasteiger partial charge on any atom is -0.480 e. The monoisotopic (exact) mass is 301 g/mol. The number of aliphatic hydroxyl groups is 1. The molecule has 19 heavy (non-hydrogen) atoms. The molecule has 1 unspecified atom stereocenters. The van der Waals surface area contributed by atoms with E-state index < -0.39 is 18.1 Å². The van der Waals surface area contributed by atoms with Crippen LogP contribution in [-0.2, 0) is 15.3 Å². The highest BCUT2D eigenvalue weighted by atomic mass is 32.2. The molecule has 1 aromatic rings. The fourth-order valence-electron chi connectivity index (χ4n) is 2.04. The van der Waals surface area contributed by atoms with E-state index >= 15 is 0 Å². The number of rotatable bonds is 5. The van der Waals surface area contributed by atoms with Gasteiger partial charge in [-0.1, -0.05) is 6.07 Å². The topological polar surface area (TPSA) is 77.8 Å². The first kappa shape index (κ1) is 14.4. The molecule has 0 aromatic carbocycles. The summed E-state index contributed by atoms with van der Waals surface area (Å²) in [5, 5.41) is 20.5. The van der Waals surface area contributed by atoms with Crippen molar-refractivity contribution in [1.82, 2.24) is 4.90 Å². The number of nitrogens with zero attached hydrogens (tertiary/aromatic N) is 1. The molecule has 2 rings (SSSR count). The number of likely N-dealkylation sites (tertiary alicyclic amines) is 1. The molecular weight excluding hydrogens is 286 g/mol. The van der Waals surface area contributed by atoms with Crippen molar-refractivity contribution in [3.05, 3.63) is 22.4 Å². The third kappa shape index (κ3) is 3.71. The number of hydrogen-bond acceptors (Lipinski definition) is 5. The van der Waals surface area contributed by atoms with E-state index in [4.69, 9.17) is 5.11 Å². The predicted octanol–water partition coefficient (Wildman–Crippen LogP) is 1.03. The van der Waals surface area contributed by atoms with Crippen molar-refractivity contribution in [3.63, 3.8) is 0 Å². The quantitative estimate of drug-likeness (QED) is 0.849. The summed E-state index contributed by atoms with van der Waals surface area (Å²) in [6.45, 7) is 0.120. The summed E-state index contributed by atoms with van der Waals surface area (Å²) in [5.74, 6) is -0.273. The Kier molecular flexibility index (Phi) is 4.84. The Balaban J connectivity index is 1.83. The van der Waals surface area contributed by atoms with E-state index in [2.05, 4.69) is 0 Å². The molecule has 1 fully saturated rings. The summed E-state index contributed by atoms with van der Waals surface area (Å²) in [6.07, 6.45) is -0.608. The second-order valence-corrected chi connectivity index (χ2v) is 6.38. The van der Waals surface area contributed by atoms with Crippen LogP contribution in [0.15, 0.2) is 17.5 Å². The number of β-amino-alcohol motifs (C(OH)–C–C–N with tert-alkyl or cyclic N) is 1. The van der Waals surface area contributed by atoms with Gasteiger partial charge in [0.15, 0.2) is 0 Å². The van der Waals surface area contributed by atoms with E-state index in [1.807, 2.05) is 17.5 Å². The largest absolute Gasteiger partial charge is 0.480 e. The molecule has 7 heteroatoms. The predicted molar refractivity (Wildman–Crippen MR) is 74.2 cm³/mol. The lowest BCUT2D eigenvalue weighted by molar-refractivity contribution is -0.147. The molecule has 104 valence electrons. The van der Waals surface area contributed by atoms with Gasteiger partial charge in [0.05, 0.1) is 11.9 Å². The summed E-state index contributed by atoms with van der Waals surface area (Å²) < 4.78 is 0. The zero-order chi connectivity index (χ0) is 13.8. The Morgan fingerprint density at radius 3 is 2.95 bits per heavy atom. The molecule has 1 amide bonds. The zero-order valence-corrected chi connectivity index (χ0v) is 11.8. The van der Waals surface area contributed by atoms with Crippen molar-refractivity contribution in [3.8, 4) is 0 Å². The second kappa shape index (κ2) is 6.40. The third-order valence-electron chi connectivity index (χ3n) is 2.93. The molecule has 0 saturated carbocycles. The van der Waals surface area contributed by atoms with Crippen molar-refractivity contribution < 1.29 is 19.8 Å². The minimum atomic E-state index is -1.05. The SMILES string of the molecule is O=C(O)[C@@H]1CC(O)CN1C(=O)CSCc1cccs1. The normalized spacial score (nSPS) is 22.7. The molecule has 1 aliphatic heterocycles.